The standard InChI is InChI=1S/C21H23N3O6/c1-28-13-12-23-21(27)24-19(25)15-30-20(26)10-7-16-5-8-18(9-6-16)29-14-17-4-2-3-11-22-17/h2-11H,12-15H2,1H3,(H2,23,24,25,27). The molecule has 9 heteroatoms. The molecule has 158 valence electrons. The van der Waals surface area contributed by atoms with E-state index in [1.807, 2.05) is 23.5 Å². The summed E-state index contributed by atoms with van der Waals surface area (Å²) in [6.45, 7) is 0.361. The van der Waals surface area contributed by atoms with Crippen molar-refractivity contribution in [3.63, 3.8) is 0 Å². The topological polar surface area (TPSA) is 116 Å². The van der Waals surface area contributed by atoms with Crippen LogP contribution in [0.25, 0.3) is 6.08 Å². The zero-order valence-electron chi connectivity index (χ0n) is 16.5. The lowest BCUT2D eigenvalue weighted by molar-refractivity contribution is -0.143. The van der Waals surface area contributed by atoms with E-state index in [4.69, 9.17) is 14.2 Å². The Morgan fingerprint density at radius 3 is 2.60 bits per heavy atom. The first-order valence-electron chi connectivity index (χ1n) is 9.11. The van der Waals surface area contributed by atoms with E-state index in [1.165, 1.54) is 13.2 Å². The molecule has 2 rings (SSSR count). The Morgan fingerprint density at radius 1 is 1.10 bits per heavy atom. The van der Waals surface area contributed by atoms with E-state index >= 15 is 0 Å². The summed E-state index contributed by atoms with van der Waals surface area (Å²) in [6.07, 6.45) is 4.43. The van der Waals surface area contributed by atoms with Crippen molar-refractivity contribution in [2.45, 2.75) is 6.61 Å². The number of hydrogen-bond acceptors (Lipinski definition) is 7. The fourth-order valence-corrected chi connectivity index (χ4v) is 2.14. The van der Waals surface area contributed by atoms with Gasteiger partial charge in [-0.05, 0) is 35.9 Å². The Bertz CT molecular complexity index is 853. The maximum absolute atomic E-state index is 11.7. The third-order valence-electron chi connectivity index (χ3n) is 3.60. The molecular formula is C21H23N3O6. The van der Waals surface area contributed by atoms with E-state index in [0.29, 0.717) is 19.0 Å². The summed E-state index contributed by atoms with van der Waals surface area (Å²) in [4.78, 5) is 38.8. The molecule has 1 aromatic heterocycles. The van der Waals surface area contributed by atoms with Gasteiger partial charge in [-0.25, -0.2) is 9.59 Å². The van der Waals surface area contributed by atoms with E-state index in [1.54, 1.807) is 36.5 Å². The molecule has 2 aromatic rings. The van der Waals surface area contributed by atoms with Gasteiger partial charge in [0.05, 0.1) is 12.3 Å². The Hall–Kier alpha value is -3.72. The Labute approximate surface area is 174 Å². The Balaban J connectivity index is 1.70. The summed E-state index contributed by atoms with van der Waals surface area (Å²) in [5.41, 5.74) is 1.57. The van der Waals surface area contributed by atoms with Gasteiger partial charge >= 0.3 is 12.0 Å². The molecule has 0 radical (unpaired) electrons. The van der Waals surface area contributed by atoms with Crippen LogP contribution in [0.4, 0.5) is 4.79 Å². The molecule has 0 atom stereocenters. The van der Waals surface area contributed by atoms with Crippen molar-refractivity contribution in [2.75, 3.05) is 26.9 Å². The zero-order valence-corrected chi connectivity index (χ0v) is 16.5. The van der Waals surface area contributed by atoms with Gasteiger partial charge in [0, 0.05) is 25.9 Å². The quantitative estimate of drug-likeness (QED) is 0.346. The molecule has 0 spiro atoms. The molecule has 2 N–H and O–H groups in total. The molecule has 1 heterocycles. The Kier molecular flexibility index (Phi) is 9.54. The second-order valence-corrected chi connectivity index (χ2v) is 5.92. The first kappa shape index (κ1) is 22.6. The molecule has 0 aliphatic heterocycles. The Morgan fingerprint density at radius 2 is 1.90 bits per heavy atom. The van der Waals surface area contributed by atoms with Crippen molar-refractivity contribution >= 4 is 24.0 Å². The average Bonchev–Trinajstić information content (AvgIpc) is 2.76. The van der Waals surface area contributed by atoms with Crippen LogP contribution in [0.2, 0.25) is 0 Å². The molecule has 0 unspecified atom stereocenters. The highest BCUT2D eigenvalue weighted by Gasteiger charge is 2.09. The van der Waals surface area contributed by atoms with Crippen LogP contribution in [0.15, 0.2) is 54.7 Å². The van der Waals surface area contributed by atoms with Crippen LogP contribution in [0.3, 0.4) is 0 Å². The number of amides is 3. The largest absolute Gasteiger partial charge is 0.487 e. The van der Waals surface area contributed by atoms with Crippen LogP contribution in [0.1, 0.15) is 11.3 Å². The van der Waals surface area contributed by atoms with Gasteiger partial charge in [0.2, 0.25) is 0 Å². The predicted molar refractivity (Wildman–Crippen MR) is 108 cm³/mol. The first-order valence-corrected chi connectivity index (χ1v) is 9.11. The van der Waals surface area contributed by atoms with E-state index in [-0.39, 0.29) is 6.54 Å². The van der Waals surface area contributed by atoms with Crippen LogP contribution in [-0.4, -0.2) is 49.8 Å². The van der Waals surface area contributed by atoms with Gasteiger partial charge in [-0.2, -0.15) is 0 Å². The first-order chi connectivity index (χ1) is 14.6. The van der Waals surface area contributed by atoms with Crippen LogP contribution in [0.5, 0.6) is 5.75 Å². The molecule has 30 heavy (non-hydrogen) atoms. The molecular weight excluding hydrogens is 390 g/mol. The number of urea groups is 1. The van der Waals surface area contributed by atoms with E-state index in [0.717, 1.165) is 11.3 Å². The zero-order chi connectivity index (χ0) is 21.6. The number of nitrogens with one attached hydrogen (secondary N) is 2. The molecule has 1 aromatic carbocycles. The molecule has 0 bridgehead atoms. The highest BCUT2D eigenvalue weighted by Crippen LogP contribution is 2.14. The summed E-state index contributed by atoms with van der Waals surface area (Å²) < 4.78 is 15.2. The molecule has 0 fully saturated rings. The third-order valence-corrected chi connectivity index (χ3v) is 3.60. The molecule has 0 aliphatic carbocycles. The molecule has 9 nitrogen and oxygen atoms in total. The van der Waals surface area contributed by atoms with Crippen molar-refractivity contribution < 1.29 is 28.6 Å². The van der Waals surface area contributed by atoms with Gasteiger partial charge in [-0.15, -0.1) is 0 Å². The second-order valence-electron chi connectivity index (χ2n) is 5.92. The SMILES string of the molecule is COCCNC(=O)NC(=O)COC(=O)C=Cc1ccc(OCc2ccccn2)cc1. The number of aromatic nitrogens is 1. The van der Waals surface area contributed by atoms with Crippen molar-refractivity contribution in [1.82, 2.24) is 15.6 Å². The smallest absolute Gasteiger partial charge is 0.331 e. The lowest BCUT2D eigenvalue weighted by Gasteiger charge is -2.06. The summed E-state index contributed by atoms with van der Waals surface area (Å²) in [5.74, 6) is -0.776. The van der Waals surface area contributed by atoms with Gasteiger partial charge in [0.25, 0.3) is 5.91 Å². The van der Waals surface area contributed by atoms with Gasteiger partial charge in [-0.1, -0.05) is 18.2 Å². The van der Waals surface area contributed by atoms with E-state index < -0.39 is 24.5 Å². The predicted octanol–water partition coefficient (Wildman–Crippen LogP) is 1.69. The van der Waals surface area contributed by atoms with Crippen LogP contribution >= 0.6 is 0 Å². The lowest BCUT2D eigenvalue weighted by atomic mass is 10.2. The van der Waals surface area contributed by atoms with E-state index in [9.17, 15) is 14.4 Å². The number of ether oxygens (including phenoxy) is 3. The number of carbonyl (C=O) groups is 3. The fourth-order valence-electron chi connectivity index (χ4n) is 2.14. The number of carbonyl (C=O) groups excluding carboxylic acids is 3. The van der Waals surface area contributed by atoms with E-state index in [2.05, 4.69) is 10.3 Å². The maximum Gasteiger partial charge on any atom is 0.331 e. The number of pyridine rings is 1. The van der Waals surface area contributed by atoms with Gasteiger partial charge < -0.3 is 19.5 Å². The number of rotatable bonds is 10. The highest BCUT2D eigenvalue weighted by molar-refractivity contribution is 5.96. The van der Waals surface area contributed by atoms with Crippen LogP contribution < -0.4 is 15.4 Å². The normalized spacial score (nSPS) is 10.4. The van der Waals surface area contributed by atoms with Crippen molar-refractivity contribution in [2.24, 2.45) is 0 Å². The third kappa shape index (κ3) is 8.98. The number of benzene rings is 1. The highest BCUT2D eigenvalue weighted by atomic mass is 16.5. The number of nitrogens with zero attached hydrogens (tertiary/aromatic N) is 1. The number of hydrogen-bond donors (Lipinski definition) is 2. The van der Waals surface area contributed by atoms with Crippen molar-refractivity contribution in [1.29, 1.82) is 0 Å². The minimum atomic E-state index is -0.735. The summed E-state index contributed by atoms with van der Waals surface area (Å²) in [5, 5.41) is 4.44. The van der Waals surface area contributed by atoms with Crippen LogP contribution in [-0.2, 0) is 25.7 Å². The minimum Gasteiger partial charge on any atom is -0.487 e. The molecule has 0 saturated carbocycles. The van der Waals surface area contributed by atoms with Gasteiger partial charge in [-0.3, -0.25) is 15.1 Å². The summed E-state index contributed by atoms with van der Waals surface area (Å²) in [6, 6.07) is 12.0. The van der Waals surface area contributed by atoms with Crippen molar-refractivity contribution in [3.05, 3.63) is 66.0 Å². The van der Waals surface area contributed by atoms with Crippen molar-refractivity contribution in [3.8, 4) is 5.75 Å². The molecule has 3 amide bonds. The number of esters is 1. The fraction of sp³-hybridized carbons (Fsp3) is 0.238. The number of imide groups is 1. The number of methoxy groups -OCH3 is 1. The average molecular weight is 413 g/mol. The minimum absolute atomic E-state index is 0.255. The van der Waals surface area contributed by atoms with Crippen LogP contribution in [0, 0.1) is 0 Å². The lowest BCUT2D eigenvalue weighted by Crippen LogP contribution is -2.42. The molecule has 0 saturated heterocycles. The van der Waals surface area contributed by atoms with Gasteiger partial charge in [0.1, 0.15) is 12.4 Å². The summed E-state index contributed by atoms with van der Waals surface area (Å²) in [7, 11) is 1.49. The monoisotopic (exact) mass is 413 g/mol. The summed E-state index contributed by atoms with van der Waals surface area (Å²) >= 11 is 0. The van der Waals surface area contributed by atoms with Gasteiger partial charge in [0.15, 0.2) is 6.61 Å². The second kappa shape index (κ2) is 12.7. The molecule has 0 aliphatic rings. The maximum atomic E-state index is 11.7.